The van der Waals surface area contributed by atoms with Crippen molar-refractivity contribution in [2.24, 2.45) is 11.8 Å². The molecule has 0 saturated carbocycles. The largest absolute Gasteiger partial charge is 0.466 e. The van der Waals surface area contributed by atoms with E-state index >= 15 is 0 Å². The summed E-state index contributed by atoms with van der Waals surface area (Å²) in [4.78, 5) is 14.2. The Hall–Kier alpha value is -0.570. The summed E-state index contributed by atoms with van der Waals surface area (Å²) in [6.07, 6.45) is 10.4. The number of carbonyl (C=O) groups excluding carboxylic acids is 1. The fraction of sp³-hybridized carbons (Fsp3) is 0.941. The molecule has 1 aliphatic rings. The molecule has 2 atom stereocenters. The predicted octanol–water partition coefficient (Wildman–Crippen LogP) is 3.87. The first-order chi connectivity index (χ1) is 9.67. The Morgan fingerprint density at radius 1 is 1.10 bits per heavy atom. The third-order valence-electron chi connectivity index (χ3n) is 4.31. The molecule has 3 heteroatoms. The summed E-state index contributed by atoms with van der Waals surface area (Å²) in [6.45, 7) is 6.66. The van der Waals surface area contributed by atoms with Crippen LogP contribution >= 0.6 is 0 Å². The van der Waals surface area contributed by atoms with E-state index in [9.17, 15) is 4.79 Å². The summed E-state index contributed by atoms with van der Waals surface area (Å²) < 4.78 is 5.18. The highest BCUT2D eigenvalue weighted by molar-refractivity contribution is 5.72. The van der Waals surface area contributed by atoms with Gasteiger partial charge in [0.2, 0.25) is 0 Å². The molecule has 0 aromatic heterocycles. The number of piperidine rings is 1. The fourth-order valence-corrected chi connectivity index (χ4v) is 3.30. The summed E-state index contributed by atoms with van der Waals surface area (Å²) in [6, 6.07) is 0. The van der Waals surface area contributed by atoms with Crippen molar-refractivity contribution in [1.82, 2.24) is 4.90 Å². The Bertz CT molecular complexity index is 268. The van der Waals surface area contributed by atoms with Crippen molar-refractivity contribution in [3.8, 4) is 0 Å². The van der Waals surface area contributed by atoms with Crippen LogP contribution in [-0.4, -0.2) is 37.6 Å². The first-order valence-electron chi connectivity index (χ1n) is 8.52. The maximum atomic E-state index is 11.9. The van der Waals surface area contributed by atoms with Crippen molar-refractivity contribution < 1.29 is 9.53 Å². The van der Waals surface area contributed by atoms with Crippen LogP contribution in [0.1, 0.15) is 65.2 Å². The quantitative estimate of drug-likeness (QED) is 0.475. The molecule has 0 amide bonds. The van der Waals surface area contributed by atoms with Gasteiger partial charge in [0.25, 0.3) is 0 Å². The minimum atomic E-state index is 0.00648. The summed E-state index contributed by atoms with van der Waals surface area (Å²) >= 11 is 0. The molecule has 0 aliphatic carbocycles. The summed E-state index contributed by atoms with van der Waals surface area (Å²) in [5.41, 5.74) is 0. The molecule has 1 fully saturated rings. The molecule has 0 aromatic carbocycles. The molecule has 0 aromatic rings. The number of nitrogens with zero attached hydrogens (tertiary/aromatic N) is 1. The highest BCUT2D eigenvalue weighted by Gasteiger charge is 2.30. The van der Waals surface area contributed by atoms with Crippen LogP contribution in [0.5, 0.6) is 0 Å². The van der Waals surface area contributed by atoms with E-state index < -0.39 is 0 Å². The number of rotatable bonds is 9. The molecule has 0 radical (unpaired) electrons. The lowest BCUT2D eigenvalue weighted by atomic mass is 9.86. The van der Waals surface area contributed by atoms with E-state index in [4.69, 9.17) is 4.74 Å². The first kappa shape index (κ1) is 17.5. The van der Waals surface area contributed by atoms with E-state index in [1.165, 1.54) is 44.9 Å². The molecule has 1 heterocycles. The molecule has 1 saturated heterocycles. The SMILES string of the molecule is CCCCCCCC[C@H]1C[C@H](C(=O)OCC)CN(C)C1. The van der Waals surface area contributed by atoms with Crippen LogP contribution in [-0.2, 0) is 9.53 Å². The van der Waals surface area contributed by atoms with Gasteiger partial charge in [0, 0.05) is 13.1 Å². The van der Waals surface area contributed by atoms with Crippen LogP contribution in [0.3, 0.4) is 0 Å². The van der Waals surface area contributed by atoms with Gasteiger partial charge in [0.05, 0.1) is 12.5 Å². The molecular weight excluding hydrogens is 250 g/mol. The van der Waals surface area contributed by atoms with Crippen LogP contribution in [0, 0.1) is 11.8 Å². The van der Waals surface area contributed by atoms with E-state index in [-0.39, 0.29) is 11.9 Å². The Labute approximate surface area is 125 Å². The van der Waals surface area contributed by atoms with E-state index in [1.807, 2.05) is 6.92 Å². The number of ether oxygens (including phenoxy) is 1. The maximum Gasteiger partial charge on any atom is 0.310 e. The van der Waals surface area contributed by atoms with E-state index in [1.54, 1.807) is 0 Å². The summed E-state index contributed by atoms with van der Waals surface area (Å²) in [7, 11) is 2.12. The number of hydrogen-bond acceptors (Lipinski definition) is 3. The van der Waals surface area contributed by atoms with Gasteiger partial charge < -0.3 is 9.64 Å². The zero-order chi connectivity index (χ0) is 14.8. The van der Waals surface area contributed by atoms with Gasteiger partial charge in [0.15, 0.2) is 0 Å². The second-order valence-electron chi connectivity index (χ2n) is 6.33. The van der Waals surface area contributed by atoms with Crippen LogP contribution in [0.2, 0.25) is 0 Å². The lowest BCUT2D eigenvalue weighted by molar-refractivity contribution is -0.150. The standard InChI is InChI=1S/C17H33NO2/c1-4-6-7-8-9-10-11-15-12-16(14-18(3)13-15)17(19)20-5-2/h15-16H,4-14H2,1-3H3/t15-,16-/m0/s1. The zero-order valence-electron chi connectivity index (χ0n) is 13.7. The van der Waals surface area contributed by atoms with Gasteiger partial charge >= 0.3 is 5.97 Å². The van der Waals surface area contributed by atoms with Gasteiger partial charge in [0.1, 0.15) is 0 Å². The molecule has 20 heavy (non-hydrogen) atoms. The van der Waals surface area contributed by atoms with Gasteiger partial charge in [-0.15, -0.1) is 0 Å². The number of esters is 1. The highest BCUT2D eigenvalue weighted by atomic mass is 16.5. The monoisotopic (exact) mass is 283 g/mol. The predicted molar refractivity (Wildman–Crippen MR) is 83.7 cm³/mol. The molecule has 0 N–H and O–H groups in total. The summed E-state index contributed by atoms with van der Waals surface area (Å²) in [5.74, 6) is 0.778. The average Bonchev–Trinajstić information content (AvgIpc) is 2.42. The van der Waals surface area contributed by atoms with Gasteiger partial charge in [-0.3, -0.25) is 4.79 Å². The van der Waals surface area contributed by atoms with Crippen LogP contribution < -0.4 is 0 Å². The fourth-order valence-electron chi connectivity index (χ4n) is 3.30. The summed E-state index contributed by atoms with van der Waals surface area (Å²) in [5, 5.41) is 0. The molecule has 118 valence electrons. The molecule has 3 nitrogen and oxygen atoms in total. The second kappa shape index (κ2) is 10.2. The lowest BCUT2D eigenvalue weighted by Crippen LogP contribution is -2.41. The van der Waals surface area contributed by atoms with Crippen molar-refractivity contribution in [2.45, 2.75) is 65.2 Å². The van der Waals surface area contributed by atoms with Crippen LogP contribution in [0.4, 0.5) is 0 Å². The topological polar surface area (TPSA) is 29.5 Å². The molecule has 0 spiro atoms. The minimum Gasteiger partial charge on any atom is -0.466 e. The average molecular weight is 283 g/mol. The lowest BCUT2D eigenvalue weighted by Gasteiger charge is -2.34. The van der Waals surface area contributed by atoms with E-state index in [2.05, 4.69) is 18.9 Å². The Balaban J connectivity index is 2.22. The van der Waals surface area contributed by atoms with Crippen molar-refractivity contribution in [3.05, 3.63) is 0 Å². The van der Waals surface area contributed by atoms with Crippen molar-refractivity contribution in [2.75, 3.05) is 26.7 Å². The van der Waals surface area contributed by atoms with Gasteiger partial charge in [-0.1, -0.05) is 45.4 Å². The zero-order valence-corrected chi connectivity index (χ0v) is 13.7. The van der Waals surface area contributed by atoms with Crippen LogP contribution in [0.25, 0.3) is 0 Å². The van der Waals surface area contributed by atoms with Gasteiger partial charge in [-0.2, -0.15) is 0 Å². The molecular formula is C17H33NO2. The Kier molecular flexibility index (Phi) is 8.92. The number of hydrogen-bond donors (Lipinski definition) is 0. The second-order valence-corrected chi connectivity index (χ2v) is 6.33. The molecule has 0 bridgehead atoms. The van der Waals surface area contributed by atoms with Gasteiger partial charge in [-0.25, -0.2) is 0 Å². The van der Waals surface area contributed by atoms with E-state index in [0.29, 0.717) is 12.5 Å². The number of unbranched alkanes of at least 4 members (excludes halogenated alkanes) is 5. The first-order valence-corrected chi connectivity index (χ1v) is 8.52. The third kappa shape index (κ3) is 6.74. The maximum absolute atomic E-state index is 11.9. The number of carbonyl (C=O) groups is 1. The third-order valence-corrected chi connectivity index (χ3v) is 4.31. The molecule has 1 rings (SSSR count). The van der Waals surface area contributed by atoms with Crippen molar-refractivity contribution in [3.63, 3.8) is 0 Å². The Morgan fingerprint density at radius 2 is 1.80 bits per heavy atom. The molecule has 1 aliphatic heterocycles. The minimum absolute atomic E-state index is 0.00648. The van der Waals surface area contributed by atoms with E-state index in [0.717, 1.165) is 19.5 Å². The Morgan fingerprint density at radius 3 is 2.50 bits per heavy atom. The normalized spacial score (nSPS) is 23.8. The van der Waals surface area contributed by atoms with Crippen LogP contribution in [0.15, 0.2) is 0 Å². The van der Waals surface area contributed by atoms with Crippen molar-refractivity contribution in [1.29, 1.82) is 0 Å². The van der Waals surface area contributed by atoms with Gasteiger partial charge in [-0.05, 0) is 32.7 Å². The number of likely N-dealkylation sites (tertiary alicyclic amines) is 1. The molecule has 0 unspecified atom stereocenters. The van der Waals surface area contributed by atoms with Crippen molar-refractivity contribution >= 4 is 5.97 Å². The highest BCUT2D eigenvalue weighted by Crippen LogP contribution is 2.26. The smallest absolute Gasteiger partial charge is 0.310 e.